The van der Waals surface area contributed by atoms with Crippen molar-refractivity contribution in [2.75, 3.05) is 19.6 Å². The molecule has 20 heavy (non-hydrogen) atoms. The molecule has 0 aromatic heterocycles. The Kier molecular flexibility index (Phi) is 4.90. The van der Waals surface area contributed by atoms with Gasteiger partial charge in [-0.1, -0.05) is 38.1 Å². The number of piperidine rings is 1. The van der Waals surface area contributed by atoms with Crippen LogP contribution in [-0.2, 0) is 0 Å². The normalized spacial score (nSPS) is 24.1. The van der Waals surface area contributed by atoms with Crippen molar-refractivity contribution in [1.29, 1.82) is 0 Å². The molecular weight excluding hydrogens is 252 g/mol. The minimum absolute atomic E-state index is 0.170. The van der Waals surface area contributed by atoms with E-state index in [1.807, 2.05) is 18.2 Å². The quantitative estimate of drug-likeness (QED) is 0.622. The van der Waals surface area contributed by atoms with E-state index in [1.165, 1.54) is 6.42 Å². The second-order valence-electron chi connectivity index (χ2n) is 5.88. The van der Waals surface area contributed by atoms with Crippen molar-refractivity contribution in [1.82, 2.24) is 4.90 Å². The van der Waals surface area contributed by atoms with E-state index < -0.39 is 0 Å². The van der Waals surface area contributed by atoms with Crippen molar-refractivity contribution >= 4 is 11.8 Å². The highest BCUT2D eigenvalue weighted by atomic mass is 16.6. The molecule has 4 nitrogen and oxygen atoms in total. The molecule has 0 aliphatic carbocycles. The monoisotopic (exact) mass is 274 g/mol. The number of hydrogen-bond acceptors (Lipinski definition) is 3. The molecule has 0 radical (unpaired) electrons. The predicted molar refractivity (Wildman–Crippen MR) is 81.5 cm³/mol. The fourth-order valence-electron chi connectivity index (χ4n) is 3.06. The molecular formula is C16H22N2O2. The van der Waals surface area contributed by atoms with Crippen LogP contribution in [0.25, 0.3) is 6.08 Å². The minimum Gasteiger partial charge on any atom is -0.299 e. The molecule has 108 valence electrons. The standard InChI is InChI=1S/C16H22N2O2/c1-13-10-14(2)12-17(11-13)9-5-7-15-6-3-4-8-16(15)18(19)20/h3-8,13-14H,9-12H2,1-2H3. The Labute approximate surface area is 120 Å². The SMILES string of the molecule is CC1CC(C)CN(CC=Cc2ccccc2[N+](=O)[O-])C1. The fourth-order valence-corrected chi connectivity index (χ4v) is 3.06. The van der Waals surface area contributed by atoms with Crippen LogP contribution in [0.2, 0.25) is 0 Å². The second kappa shape index (κ2) is 6.66. The van der Waals surface area contributed by atoms with Gasteiger partial charge in [-0.15, -0.1) is 0 Å². The summed E-state index contributed by atoms with van der Waals surface area (Å²) in [5.74, 6) is 1.47. The van der Waals surface area contributed by atoms with Crippen LogP contribution >= 0.6 is 0 Å². The first-order valence-electron chi connectivity index (χ1n) is 7.18. The summed E-state index contributed by atoms with van der Waals surface area (Å²) in [6, 6.07) is 6.86. The molecule has 1 heterocycles. The number of para-hydroxylation sites is 1. The molecule has 0 amide bonds. The third-order valence-electron chi connectivity index (χ3n) is 3.74. The summed E-state index contributed by atoms with van der Waals surface area (Å²) < 4.78 is 0. The third kappa shape index (κ3) is 3.90. The lowest BCUT2D eigenvalue weighted by atomic mass is 9.92. The summed E-state index contributed by atoms with van der Waals surface area (Å²) >= 11 is 0. The molecule has 0 N–H and O–H groups in total. The van der Waals surface area contributed by atoms with Gasteiger partial charge in [-0.2, -0.15) is 0 Å². The molecule has 0 saturated carbocycles. The zero-order valence-corrected chi connectivity index (χ0v) is 12.2. The van der Waals surface area contributed by atoms with Crippen molar-refractivity contribution in [3.63, 3.8) is 0 Å². The highest BCUT2D eigenvalue weighted by Gasteiger charge is 2.20. The Morgan fingerprint density at radius 3 is 2.60 bits per heavy atom. The van der Waals surface area contributed by atoms with Gasteiger partial charge in [0, 0.05) is 25.7 Å². The summed E-state index contributed by atoms with van der Waals surface area (Å²) in [6.07, 6.45) is 5.19. The summed E-state index contributed by atoms with van der Waals surface area (Å²) in [7, 11) is 0. The molecule has 1 aliphatic heterocycles. The van der Waals surface area contributed by atoms with Crippen LogP contribution in [-0.4, -0.2) is 29.5 Å². The molecule has 1 saturated heterocycles. The van der Waals surface area contributed by atoms with Gasteiger partial charge in [0.1, 0.15) is 0 Å². The van der Waals surface area contributed by atoms with E-state index in [0.717, 1.165) is 31.5 Å². The van der Waals surface area contributed by atoms with Crippen LogP contribution < -0.4 is 0 Å². The average Bonchev–Trinajstić information content (AvgIpc) is 2.38. The van der Waals surface area contributed by atoms with Gasteiger partial charge in [-0.3, -0.25) is 15.0 Å². The Hall–Kier alpha value is -1.68. The van der Waals surface area contributed by atoms with Gasteiger partial charge in [-0.05, 0) is 24.3 Å². The Morgan fingerprint density at radius 2 is 1.95 bits per heavy atom. The Morgan fingerprint density at radius 1 is 1.30 bits per heavy atom. The van der Waals surface area contributed by atoms with Crippen LogP contribution in [0.4, 0.5) is 5.69 Å². The largest absolute Gasteiger partial charge is 0.299 e. The van der Waals surface area contributed by atoms with E-state index in [9.17, 15) is 10.1 Å². The number of nitrogens with zero attached hydrogens (tertiary/aromatic N) is 2. The minimum atomic E-state index is -0.329. The second-order valence-corrected chi connectivity index (χ2v) is 5.88. The molecule has 2 rings (SSSR count). The predicted octanol–water partition coefficient (Wildman–Crippen LogP) is 3.59. The van der Waals surface area contributed by atoms with E-state index in [4.69, 9.17) is 0 Å². The van der Waals surface area contributed by atoms with E-state index in [-0.39, 0.29) is 10.6 Å². The van der Waals surface area contributed by atoms with Gasteiger partial charge in [0.25, 0.3) is 5.69 Å². The smallest absolute Gasteiger partial charge is 0.276 e. The maximum atomic E-state index is 10.9. The van der Waals surface area contributed by atoms with Gasteiger partial charge in [0.15, 0.2) is 0 Å². The van der Waals surface area contributed by atoms with Gasteiger partial charge in [0.05, 0.1) is 10.5 Å². The molecule has 0 bridgehead atoms. The highest BCUT2D eigenvalue weighted by Crippen LogP contribution is 2.22. The molecule has 2 atom stereocenters. The highest BCUT2D eigenvalue weighted by molar-refractivity contribution is 5.60. The molecule has 0 spiro atoms. The number of nitro groups is 1. The summed E-state index contributed by atoms with van der Waals surface area (Å²) in [5, 5.41) is 10.9. The lowest BCUT2D eigenvalue weighted by Gasteiger charge is -2.34. The third-order valence-corrected chi connectivity index (χ3v) is 3.74. The molecule has 1 aromatic rings. The molecule has 4 heteroatoms. The van der Waals surface area contributed by atoms with Gasteiger partial charge in [-0.25, -0.2) is 0 Å². The zero-order chi connectivity index (χ0) is 14.5. The lowest BCUT2D eigenvalue weighted by Crippen LogP contribution is -2.38. The van der Waals surface area contributed by atoms with E-state index in [1.54, 1.807) is 18.2 Å². The number of hydrogen-bond donors (Lipinski definition) is 0. The van der Waals surface area contributed by atoms with Crippen molar-refractivity contribution in [2.24, 2.45) is 11.8 Å². The van der Waals surface area contributed by atoms with Crippen LogP contribution in [0.5, 0.6) is 0 Å². The van der Waals surface area contributed by atoms with E-state index in [0.29, 0.717) is 5.56 Å². The number of nitro benzene ring substituents is 1. The Balaban J connectivity index is 1.98. The maximum absolute atomic E-state index is 10.9. The van der Waals surface area contributed by atoms with Crippen LogP contribution in [0.3, 0.4) is 0 Å². The van der Waals surface area contributed by atoms with E-state index in [2.05, 4.69) is 18.7 Å². The van der Waals surface area contributed by atoms with Crippen LogP contribution in [0.1, 0.15) is 25.8 Å². The first-order valence-corrected chi connectivity index (χ1v) is 7.18. The number of rotatable bonds is 4. The first kappa shape index (κ1) is 14.7. The summed E-state index contributed by atoms with van der Waals surface area (Å²) in [4.78, 5) is 13.0. The molecule has 1 aromatic carbocycles. The van der Waals surface area contributed by atoms with Crippen molar-refractivity contribution in [3.05, 3.63) is 46.0 Å². The fraction of sp³-hybridized carbons (Fsp3) is 0.500. The lowest BCUT2D eigenvalue weighted by molar-refractivity contribution is -0.385. The summed E-state index contributed by atoms with van der Waals surface area (Å²) in [5.41, 5.74) is 0.847. The van der Waals surface area contributed by atoms with Gasteiger partial charge in [0.2, 0.25) is 0 Å². The topological polar surface area (TPSA) is 46.4 Å². The van der Waals surface area contributed by atoms with Crippen LogP contribution in [0, 0.1) is 22.0 Å². The summed E-state index contributed by atoms with van der Waals surface area (Å²) in [6.45, 7) is 7.67. The van der Waals surface area contributed by atoms with Gasteiger partial charge < -0.3 is 0 Å². The number of likely N-dealkylation sites (tertiary alicyclic amines) is 1. The first-order chi connectivity index (χ1) is 9.56. The maximum Gasteiger partial charge on any atom is 0.276 e. The molecule has 2 unspecified atom stereocenters. The zero-order valence-electron chi connectivity index (χ0n) is 12.2. The van der Waals surface area contributed by atoms with E-state index >= 15 is 0 Å². The van der Waals surface area contributed by atoms with Crippen molar-refractivity contribution in [2.45, 2.75) is 20.3 Å². The van der Waals surface area contributed by atoms with Crippen molar-refractivity contribution < 1.29 is 4.92 Å². The van der Waals surface area contributed by atoms with Crippen molar-refractivity contribution in [3.8, 4) is 0 Å². The van der Waals surface area contributed by atoms with Gasteiger partial charge >= 0.3 is 0 Å². The average molecular weight is 274 g/mol. The Bertz CT molecular complexity index is 489. The number of benzene rings is 1. The van der Waals surface area contributed by atoms with Crippen LogP contribution in [0.15, 0.2) is 30.3 Å². The molecule has 1 fully saturated rings. The molecule has 1 aliphatic rings.